The quantitative estimate of drug-likeness (QED) is 0.410. The maximum Gasteiger partial charge on any atom is 0.502 e. The zero-order valence-electron chi connectivity index (χ0n) is 7.15. The SMILES string of the molecule is Fc1cc(F)c(/C=C/[B-](F)(F)F)cc1F. The second-order valence-electron chi connectivity index (χ2n) is 2.77. The smallest absolute Gasteiger partial charge is 0.445 e. The molecule has 1 aromatic rings. The minimum absolute atomic E-state index is 0.193. The van der Waals surface area contributed by atoms with Crippen molar-refractivity contribution in [2.75, 3.05) is 0 Å². The Kier molecular flexibility index (Phi) is 3.11. The first-order chi connectivity index (χ1) is 6.79. The molecule has 1 aromatic carbocycles. The Bertz CT molecular complexity index is 395. The van der Waals surface area contributed by atoms with Gasteiger partial charge in [0.25, 0.3) is 0 Å². The summed E-state index contributed by atoms with van der Waals surface area (Å²) in [4.78, 5) is 0. The molecule has 0 aliphatic heterocycles. The van der Waals surface area contributed by atoms with E-state index in [0.29, 0.717) is 12.1 Å². The van der Waals surface area contributed by atoms with Gasteiger partial charge in [-0.05, 0) is 6.07 Å². The Balaban J connectivity index is 3.06. The minimum atomic E-state index is -5.23. The lowest BCUT2D eigenvalue weighted by molar-refractivity contribution is 0.493. The van der Waals surface area contributed by atoms with Crippen molar-refractivity contribution in [3.05, 3.63) is 41.1 Å². The molecule has 0 saturated heterocycles. The fraction of sp³-hybridized carbons (Fsp3) is 0. The van der Waals surface area contributed by atoms with Gasteiger partial charge in [-0.1, -0.05) is 6.08 Å². The summed E-state index contributed by atoms with van der Waals surface area (Å²) in [6.07, 6.45) is 0.359. The Morgan fingerprint density at radius 2 is 1.40 bits per heavy atom. The van der Waals surface area contributed by atoms with Gasteiger partial charge in [0, 0.05) is 11.6 Å². The molecule has 0 unspecified atom stereocenters. The van der Waals surface area contributed by atoms with E-state index in [9.17, 15) is 26.1 Å². The fourth-order valence-corrected chi connectivity index (χ4v) is 0.878. The third kappa shape index (κ3) is 3.34. The molecule has 0 aliphatic carbocycles. The van der Waals surface area contributed by atoms with Crippen molar-refractivity contribution in [3.63, 3.8) is 0 Å². The lowest BCUT2D eigenvalue weighted by atomic mass is 9.90. The predicted octanol–water partition coefficient (Wildman–Crippen LogP) is 3.50. The van der Waals surface area contributed by atoms with E-state index in [1.165, 1.54) is 0 Å². The van der Waals surface area contributed by atoms with Gasteiger partial charge in [-0.2, -0.15) is 0 Å². The van der Waals surface area contributed by atoms with Crippen LogP contribution in [0.2, 0.25) is 0 Å². The van der Waals surface area contributed by atoms with Crippen LogP contribution in [-0.2, 0) is 0 Å². The van der Waals surface area contributed by atoms with E-state index >= 15 is 0 Å². The molecule has 7 heteroatoms. The molecule has 1 rings (SSSR count). The molecule has 0 bridgehead atoms. The third-order valence-corrected chi connectivity index (χ3v) is 1.53. The summed E-state index contributed by atoms with van der Waals surface area (Å²) in [6, 6.07) is 0.557. The van der Waals surface area contributed by atoms with Crippen LogP contribution in [0.3, 0.4) is 0 Å². The number of hydrogen-bond donors (Lipinski definition) is 0. The molecule has 0 spiro atoms. The highest BCUT2D eigenvalue weighted by atomic mass is 19.4. The monoisotopic (exact) mass is 225 g/mol. The van der Waals surface area contributed by atoms with E-state index in [2.05, 4.69) is 0 Å². The van der Waals surface area contributed by atoms with Crippen LogP contribution < -0.4 is 0 Å². The van der Waals surface area contributed by atoms with Gasteiger partial charge < -0.3 is 12.9 Å². The molecule has 0 amide bonds. The molecular formula is C8H4BF6-. The van der Waals surface area contributed by atoms with E-state index in [1.54, 1.807) is 0 Å². The maximum absolute atomic E-state index is 12.8. The van der Waals surface area contributed by atoms with E-state index in [1.807, 2.05) is 0 Å². The van der Waals surface area contributed by atoms with Crippen molar-refractivity contribution in [1.82, 2.24) is 0 Å². The summed E-state index contributed by atoms with van der Waals surface area (Å²) in [6.45, 7) is -5.23. The molecule has 15 heavy (non-hydrogen) atoms. The summed E-state index contributed by atoms with van der Waals surface area (Å²) in [5.74, 6) is -4.28. The zero-order valence-corrected chi connectivity index (χ0v) is 7.15. The van der Waals surface area contributed by atoms with Crippen LogP contribution in [0, 0.1) is 17.5 Å². The van der Waals surface area contributed by atoms with E-state index in [0.717, 1.165) is 0 Å². The average Bonchev–Trinajstić information content (AvgIpc) is 2.07. The molecule has 0 heterocycles. The molecule has 0 saturated carbocycles. The largest absolute Gasteiger partial charge is 0.502 e. The van der Waals surface area contributed by atoms with Crippen LogP contribution in [0.1, 0.15) is 5.56 Å². The third-order valence-electron chi connectivity index (χ3n) is 1.53. The summed E-state index contributed by atoms with van der Waals surface area (Å²) >= 11 is 0. The van der Waals surface area contributed by atoms with Gasteiger partial charge in [0.2, 0.25) is 0 Å². The lowest BCUT2D eigenvalue weighted by Crippen LogP contribution is -2.09. The number of halogens is 6. The van der Waals surface area contributed by atoms with Crippen LogP contribution >= 0.6 is 0 Å². The number of hydrogen-bond acceptors (Lipinski definition) is 0. The first kappa shape index (κ1) is 11.7. The predicted molar refractivity (Wildman–Crippen MR) is 44.4 cm³/mol. The minimum Gasteiger partial charge on any atom is -0.445 e. The van der Waals surface area contributed by atoms with Gasteiger partial charge in [0.1, 0.15) is 5.82 Å². The van der Waals surface area contributed by atoms with Crippen LogP contribution in [-0.4, -0.2) is 6.98 Å². The molecule has 0 aromatic heterocycles. The van der Waals surface area contributed by atoms with E-state index in [4.69, 9.17) is 0 Å². The first-order valence-corrected chi connectivity index (χ1v) is 3.83. The summed E-state index contributed by atoms with van der Waals surface area (Å²) in [5.41, 5.74) is -0.645. The Labute approximate surface area is 81.3 Å². The summed E-state index contributed by atoms with van der Waals surface area (Å²) < 4.78 is 72.9. The van der Waals surface area contributed by atoms with E-state index in [-0.39, 0.29) is 12.0 Å². The average molecular weight is 225 g/mol. The molecular weight excluding hydrogens is 221 g/mol. The molecule has 0 fully saturated rings. The van der Waals surface area contributed by atoms with Crippen LogP contribution in [0.15, 0.2) is 18.1 Å². The van der Waals surface area contributed by atoms with Gasteiger partial charge in [-0.3, -0.25) is 0 Å². The van der Waals surface area contributed by atoms with Crippen molar-refractivity contribution < 1.29 is 26.1 Å². The highest BCUT2D eigenvalue weighted by Crippen LogP contribution is 2.17. The maximum atomic E-state index is 12.8. The van der Waals surface area contributed by atoms with Crippen LogP contribution in [0.5, 0.6) is 0 Å². The second kappa shape index (κ2) is 4.00. The summed E-state index contributed by atoms with van der Waals surface area (Å²) in [7, 11) is 0. The van der Waals surface area contributed by atoms with Gasteiger partial charge in [-0.15, -0.1) is 5.98 Å². The van der Waals surface area contributed by atoms with Crippen molar-refractivity contribution >= 4 is 13.1 Å². The molecule has 0 N–H and O–H groups in total. The standard InChI is InChI=1S/C8H4BF6/c10-6-4-8(12)7(11)3-5(6)1-2-9(13,14)15/h1-4H/q-1/b2-1+. The summed E-state index contributed by atoms with van der Waals surface area (Å²) in [5, 5.41) is 0. The second-order valence-corrected chi connectivity index (χ2v) is 2.77. The Hall–Kier alpha value is -1.40. The van der Waals surface area contributed by atoms with Crippen LogP contribution in [0.4, 0.5) is 26.1 Å². The van der Waals surface area contributed by atoms with Gasteiger partial charge >= 0.3 is 6.98 Å². The number of rotatable bonds is 2. The van der Waals surface area contributed by atoms with Gasteiger partial charge in [-0.25, -0.2) is 13.2 Å². The molecule has 0 aliphatic rings. The molecule has 82 valence electrons. The Morgan fingerprint density at radius 3 is 1.93 bits per heavy atom. The van der Waals surface area contributed by atoms with Crippen molar-refractivity contribution in [2.45, 2.75) is 0 Å². The topological polar surface area (TPSA) is 0 Å². The molecule has 0 radical (unpaired) electrons. The van der Waals surface area contributed by atoms with Crippen molar-refractivity contribution in [3.8, 4) is 0 Å². The molecule has 0 nitrogen and oxygen atoms in total. The lowest BCUT2D eigenvalue weighted by Gasteiger charge is -2.06. The highest BCUT2D eigenvalue weighted by Gasteiger charge is 2.17. The molecule has 0 atom stereocenters. The van der Waals surface area contributed by atoms with E-state index < -0.39 is 30.0 Å². The Morgan fingerprint density at radius 1 is 0.867 bits per heavy atom. The normalized spacial score (nSPS) is 12.4. The number of benzene rings is 1. The fourth-order valence-electron chi connectivity index (χ4n) is 0.878. The highest BCUT2D eigenvalue weighted by molar-refractivity contribution is 6.64. The van der Waals surface area contributed by atoms with Gasteiger partial charge in [0.05, 0.1) is 0 Å². The zero-order chi connectivity index (χ0) is 11.6. The van der Waals surface area contributed by atoms with Crippen molar-refractivity contribution in [2.24, 2.45) is 0 Å². The van der Waals surface area contributed by atoms with Crippen molar-refractivity contribution in [1.29, 1.82) is 0 Å². The van der Waals surface area contributed by atoms with Crippen LogP contribution in [0.25, 0.3) is 6.08 Å². The van der Waals surface area contributed by atoms with Gasteiger partial charge in [0.15, 0.2) is 11.6 Å². The first-order valence-electron chi connectivity index (χ1n) is 3.83.